The average molecular weight is 526 g/mol. The van der Waals surface area contributed by atoms with E-state index in [9.17, 15) is 15.0 Å². The van der Waals surface area contributed by atoms with Crippen LogP contribution in [0.4, 0.5) is 0 Å². The second-order valence-corrected chi connectivity index (χ2v) is 9.03. The van der Waals surface area contributed by atoms with E-state index in [1.807, 2.05) is 12.1 Å². The van der Waals surface area contributed by atoms with Crippen molar-refractivity contribution in [1.82, 2.24) is 0 Å². The van der Waals surface area contributed by atoms with E-state index in [2.05, 4.69) is 0 Å². The molecule has 1 fully saturated rings. The van der Waals surface area contributed by atoms with Crippen LogP contribution in [0, 0.1) is 0 Å². The van der Waals surface area contributed by atoms with Gasteiger partial charge in [0.25, 0.3) is 0 Å². The molecule has 3 aliphatic heterocycles. The van der Waals surface area contributed by atoms with Gasteiger partial charge in [-0.3, -0.25) is 0 Å². The van der Waals surface area contributed by atoms with Crippen molar-refractivity contribution in [2.45, 2.75) is 31.2 Å². The molecule has 4 atom stereocenters. The van der Waals surface area contributed by atoms with Crippen LogP contribution in [-0.2, 0) is 20.8 Å². The highest BCUT2D eigenvalue weighted by atomic mass is 16.7. The fourth-order valence-corrected chi connectivity index (χ4v) is 5.13. The zero-order valence-electron chi connectivity index (χ0n) is 20.9. The molecule has 3 heterocycles. The van der Waals surface area contributed by atoms with Gasteiger partial charge in [0.15, 0.2) is 23.0 Å². The molecule has 3 aromatic rings. The van der Waals surface area contributed by atoms with Crippen LogP contribution >= 0.6 is 0 Å². The molecule has 0 aromatic heterocycles. The second-order valence-electron chi connectivity index (χ2n) is 9.03. The molecule has 4 unspecified atom stereocenters. The Morgan fingerprint density at radius 1 is 0.895 bits per heavy atom. The number of fused-ring (bicyclic) bond motifs is 3. The van der Waals surface area contributed by atoms with E-state index < -0.39 is 30.6 Å². The first-order valence-corrected chi connectivity index (χ1v) is 11.9. The standard InChI is InChI=1S/C27H26O11/c1-31-18-7-13-14(8-19(18)32-2)24(38-27-25(33-3)23(29)16(28)10-35-27)15-9-34-26(30)22(15)21(13)12-4-5-17-20(6-12)37-11-36-17/h4-8,16,23,25,27-29H,9-11H2,1-3H3. The van der Waals surface area contributed by atoms with Gasteiger partial charge in [0.2, 0.25) is 13.1 Å². The third-order valence-corrected chi connectivity index (χ3v) is 7.01. The van der Waals surface area contributed by atoms with Gasteiger partial charge in [-0.1, -0.05) is 6.07 Å². The van der Waals surface area contributed by atoms with Crippen molar-refractivity contribution >= 4 is 16.7 Å². The topological polar surface area (TPSA) is 131 Å². The Hall–Kier alpha value is -3.77. The maximum Gasteiger partial charge on any atom is 0.339 e. The number of cyclic esters (lactones) is 1. The zero-order chi connectivity index (χ0) is 26.6. The van der Waals surface area contributed by atoms with Crippen LogP contribution in [-0.4, -0.2) is 75.5 Å². The SMILES string of the molecule is COc1cc2c(OC3OCC(O)C(O)C3OC)c3c(c(-c4ccc5c(c4)OCO5)c2cc1OC)C(=O)OC3. The fourth-order valence-electron chi connectivity index (χ4n) is 5.13. The number of rotatable bonds is 6. The first kappa shape index (κ1) is 24.6. The Morgan fingerprint density at radius 3 is 2.37 bits per heavy atom. The lowest BCUT2D eigenvalue weighted by atomic mass is 9.89. The van der Waals surface area contributed by atoms with Gasteiger partial charge in [0, 0.05) is 23.6 Å². The van der Waals surface area contributed by atoms with Crippen molar-refractivity contribution < 1.29 is 52.9 Å². The molecule has 0 radical (unpaired) electrons. The van der Waals surface area contributed by atoms with Crippen molar-refractivity contribution in [2.24, 2.45) is 0 Å². The average Bonchev–Trinajstić information content (AvgIpc) is 3.56. The third kappa shape index (κ3) is 3.78. The Balaban J connectivity index is 1.60. The summed E-state index contributed by atoms with van der Waals surface area (Å²) in [7, 11) is 4.43. The predicted octanol–water partition coefficient (Wildman–Crippen LogP) is 2.40. The molecule has 6 rings (SSSR count). The number of carbonyl (C=O) groups is 1. The summed E-state index contributed by atoms with van der Waals surface area (Å²) in [5.41, 5.74) is 2.13. The van der Waals surface area contributed by atoms with Gasteiger partial charge in [-0.15, -0.1) is 0 Å². The predicted molar refractivity (Wildman–Crippen MR) is 131 cm³/mol. The summed E-state index contributed by atoms with van der Waals surface area (Å²) in [6.07, 6.45) is -4.44. The first-order chi connectivity index (χ1) is 18.4. The summed E-state index contributed by atoms with van der Waals surface area (Å²) in [4.78, 5) is 13.2. The molecule has 0 bridgehead atoms. The number of benzene rings is 3. The normalized spacial score (nSPS) is 23.8. The molecule has 0 spiro atoms. The number of methoxy groups -OCH3 is 3. The van der Waals surface area contributed by atoms with Gasteiger partial charge in [-0.25, -0.2) is 4.79 Å². The molecular weight excluding hydrogens is 500 g/mol. The number of hydrogen-bond donors (Lipinski definition) is 2. The minimum atomic E-state index is -1.24. The van der Waals surface area contributed by atoms with Crippen molar-refractivity contribution in [2.75, 3.05) is 34.7 Å². The van der Waals surface area contributed by atoms with Crippen LogP contribution in [0.2, 0.25) is 0 Å². The van der Waals surface area contributed by atoms with E-state index in [4.69, 9.17) is 37.9 Å². The monoisotopic (exact) mass is 526 g/mol. The van der Waals surface area contributed by atoms with Crippen molar-refractivity contribution in [3.63, 3.8) is 0 Å². The van der Waals surface area contributed by atoms with Gasteiger partial charge >= 0.3 is 5.97 Å². The highest BCUT2D eigenvalue weighted by Crippen LogP contribution is 2.49. The molecule has 11 nitrogen and oxygen atoms in total. The van der Waals surface area contributed by atoms with E-state index in [1.54, 1.807) is 18.2 Å². The highest BCUT2D eigenvalue weighted by Gasteiger charge is 2.42. The smallest absolute Gasteiger partial charge is 0.339 e. The maximum absolute atomic E-state index is 13.2. The summed E-state index contributed by atoms with van der Waals surface area (Å²) in [6, 6.07) is 8.95. The van der Waals surface area contributed by atoms with Crippen molar-refractivity contribution in [3.05, 3.63) is 41.5 Å². The van der Waals surface area contributed by atoms with Crippen LogP contribution in [0.5, 0.6) is 28.7 Å². The summed E-state index contributed by atoms with van der Waals surface area (Å²) < 4.78 is 45.1. The fraction of sp³-hybridized carbons (Fsp3) is 0.370. The molecular formula is C27H26O11. The Bertz CT molecular complexity index is 1420. The molecule has 11 heteroatoms. The molecule has 3 aromatic carbocycles. The molecule has 1 saturated heterocycles. The number of aliphatic hydroxyl groups is 2. The molecule has 3 aliphatic rings. The van der Waals surface area contributed by atoms with E-state index in [-0.39, 0.29) is 20.0 Å². The Morgan fingerprint density at radius 2 is 1.63 bits per heavy atom. The third-order valence-electron chi connectivity index (χ3n) is 7.01. The van der Waals surface area contributed by atoms with Gasteiger partial charge in [0.1, 0.15) is 30.7 Å². The van der Waals surface area contributed by atoms with Crippen LogP contribution in [0.1, 0.15) is 15.9 Å². The second kappa shape index (κ2) is 9.52. The molecule has 0 aliphatic carbocycles. The lowest BCUT2D eigenvalue weighted by Gasteiger charge is -2.37. The van der Waals surface area contributed by atoms with Crippen LogP contribution < -0.4 is 23.7 Å². The highest BCUT2D eigenvalue weighted by molar-refractivity contribution is 6.14. The largest absolute Gasteiger partial charge is 0.493 e. The van der Waals surface area contributed by atoms with Crippen molar-refractivity contribution in [1.29, 1.82) is 0 Å². The van der Waals surface area contributed by atoms with Crippen LogP contribution in [0.15, 0.2) is 30.3 Å². The molecule has 200 valence electrons. The summed E-state index contributed by atoms with van der Waals surface area (Å²) >= 11 is 0. The van der Waals surface area contributed by atoms with E-state index in [1.165, 1.54) is 21.3 Å². The lowest BCUT2D eigenvalue weighted by molar-refractivity contribution is -0.249. The molecule has 0 saturated carbocycles. The maximum atomic E-state index is 13.2. The zero-order valence-corrected chi connectivity index (χ0v) is 20.9. The molecule has 2 N–H and O–H groups in total. The van der Waals surface area contributed by atoms with Crippen LogP contribution in [0.3, 0.4) is 0 Å². The Kier molecular flexibility index (Phi) is 6.15. The summed E-state index contributed by atoms with van der Waals surface area (Å²) in [5.74, 6) is 1.84. The quantitative estimate of drug-likeness (QED) is 0.459. The first-order valence-electron chi connectivity index (χ1n) is 11.9. The van der Waals surface area contributed by atoms with Gasteiger partial charge in [0.05, 0.1) is 26.4 Å². The van der Waals surface area contributed by atoms with Gasteiger partial charge in [-0.2, -0.15) is 0 Å². The number of carbonyl (C=O) groups excluding carboxylic acids is 1. The molecule has 38 heavy (non-hydrogen) atoms. The van der Waals surface area contributed by atoms with Gasteiger partial charge < -0.3 is 48.1 Å². The molecule has 0 amide bonds. The minimum absolute atomic E-state index is 0.0408. The van der Waals surface area contributed by atoms with Crippen molar-refractivity contribution in [3.8, 4) is 39.9 Å². The van der Waals surface area contributed by atoms with Crippen LogP contribution in [0.25, 0.3) is 21.9 Å². The van der Waals surface area contributed by atoms with E-state index in [0.29, 0.717) is 61.8 Å². The lowest BCUT2D eigenvalue weighted by Crippen LogP contribution is -2.55. The van der Waals surface area contributed by atoms with E-state index >= 15 is 0 Å². The number of hydrogen-bond acceptors (Lipinski definition) is 11. The number of esters is 1. The van der Waals surface area contributed by atoms with Gasteiger partial charge in [-0.05, 0) is 35.2 Å². The Labute approximate surface area is 217 Å². The summed E-state index contributed by atoms with van der Waals surface area (Å²) in [5, 5.41) is 21.8. The number of aliphatic hydroxyl groups excluding tert-OH is 2. The van der Waals surface area contributed by atoms with E-state index in [0.717, 1.165) is 0 Å². The minimum Gasteiger partial charge on any atom is -0.493 e. The summed E-state index contributed by atoms with van der Waals surface area (Å²) in [6.45, 7) is -0.0887. The number of ether oxygens (including phenoxy) is 8.